The van der Waals surface area contributed by atoms with Crippen LogP contribution < -0.4 is 71.5 Å². The summed E-state index contributed by atoms with van der Waals surface area (Å²) in [6, 6.07) is 5.68. The van der Waals surface area contributed by atoms with E-state index in [1.54, 1.807) is 19.0 Å². The average Bonchev–Trinajstić information content (AvgIpc) is 0.755. The third kappa shape index (κ3) is 21.1. The van der Waals surface area contributed by atoms with Crippen LogP contribution in [0.5, 0.6) is 69.0 Å². The number of hydrogen-bond donors (Lipinski definition) is 21. The van der Waals surface area contributed by atoms with Crippen LogP contribution in [-0.4, -0.2) is 234 Å². The molecule has 2 saturated heterocycles. The van der Waals surface area contributed by atoms with E-state index in [1.165, 1.54) is 49.5 Å². The summed E-state index contributed by atoms with van der Waals surface area (Å²) < 4.78 is 44.5. The van der Waals surface area contributed by atoms with Gasteiger partial charge in [0.15, 0.2) is 29.1 Å². The SMILES string of the molecule is CN[C@H]1C(=O)N[C@H]2Cc3ccc(cc3)Oc3cc4cc(c3O[C@@H]3O[C@H](C(=O)O)[C@@H](O)[C@H](O)[C@H]3NC(=O)CCCCCCCCC(C)C)Oc3ccc(cc3Cl)[C@@H](O)[C@@H]3NC(=O)[C@H](NC(=O)[C@@H]4NC(=O)[C@H](NC2=O)c2cc(cc(O)c2Cl)Oc2cc1ccc2O)c1ccc(O)c(c1)-c1c(O[C@H]2O[C@H](CO)[C@@H](O)[C@H](O)[C@@H]2O)cc(O)cc1[C@@H](C(=O)NCCCN(C)C)NC3=O. The van der Waals surface area contributed by atoms with Crippen molar-refractivity contribution in [2.75, 3.05) is 40.8 Å². The molecule has 684 valence electrons. The maximum atomic E-state index is 16.8. The number of unbranched alkanes of at least 4 members (excludes halogenated alkanes) is 5. The number of aliphatic hydroxyl groups is 7. The van der Waals surface area contributed by atoms with E-state index in [9.17, 15) is 75.7 Å². The van der Waals surface area contributed by atoms with E-state index in [-0.39, 0.29) is 47.8 Å². The van der Waals surface area contributed by atoms with Gasteiger partial charge in [0.1, 0.15) is 131 Å². The van der Waals surface area contributed by atoms with E-state index in [4.69, 9.17) is 56.4 Å². The lowest BCUT2D eigenvalue weighted by Gasteiger charge is -2.41. The number of ether oxygens (including phenoxy) is 7. The van der Waals surface area contributed by atoms with Crippen molar-refractivity contribution < 1.29 is 138 Å². The molecule has 8 heterocycles. The number of nitrogens with zero attached hydrogens (tertiary/aromatic N) is 1. The average molecular weight is 1820 g/mol. The normalized spacial score (nSPS) is 25.8. The second-order valence-corrected chi connectivity index (χ2v) is 33.5. The highest BCUT2D eigenvalue weighted by Gasteiger charge is 2.52. The van der Waals surface area contributed by atoms with Gasteiger partial charge in [-0.15, -0.1) is 0 Å². The maximum Gasteiger partial charge on any atom is 0.335 e. The number of rotatable bonds is 22. The molecule has 0 spiro atoms. The fourth-order valence-corrected chi connectivity index (χ4v) is 16.4. The number of carboxylic acids is 1. The van der Waals surface area contributed by atoms with E-state index in [0.717, 1.165) is 105 Å². The first-order chi connectivity index (χ1) is 61.1. The number of phenolic OH excluding ortho intramolecular Hbond substituents is 4. The minimum atomic E-state index is -2.45. The third-order valence-corrected chi connectivity index (χ3v) is 23.4. The van der Waals surface area contributed by atoms with Crippen molar-refractivity contribution in [1.29, 1.82) is 0 Å². The molecule has 7 aromatic carbocycles. The second kappa shape index (κ2) is 40.6. The molecule has 2 fully saturated rings. The number of carboxylic acid groups (broad SMARTS) is 1. The highest BCUT2D eigenvalue weighted by atomic mass is 35.5. The fraction of sp³-hybridized carbons (Fsp3) is 0.420. The van der Waals surface area contributed by atoms with Gasteiger partial charge in [-0.05, 0) is 153 Å². The number of aliphatic hydroxyl groups excluding tert-OH is 7. The van der Waals surface area contributed by atoms with Gasteiger partial charge in [0.2, 0.25) is 65.6 Å². The minimum Gasteiger partial charge on any atom is -0.508 e. The van der Waals surface area contributed by atoms with Crippen LogP contribution >= 0.6 is 23.2 Å². The van der Waals surface area contributed by atoms with Gasteiger partial charge >= 0.3 is 5.97 Å². The van der Waals surface area contributed by atoms with E-state index in [1.807, 2.05) is 0 Å². The van der Waals surface area contributed by atoms with Crippen molar-refractivity contribution in [3.8, 4) is 80.1 Å². The first-order valence-corrected chi connectivity index (χ1v) is 42.3. The number of phenols is 4. The van der Waals surface area contributed by atoms with Crippen molar-refractivity contribution in [1.82, 2.24) is 52.8 Å². The Hall–Kier alpha value is -11.9. The molecular formula is C88H100Cl2N10O28. The second-order valence-electron chi connectivity index (χ2n) is 32.7. The fourth-order valence-electron chi connectivity index (χ4n) is 15.9. The predicted molar refractivity (Wildman–Crippen MR) is 452 cm³/mol. The van der Waals surface area contributed by atoms with Gasteiger partial charge in [-0.2, -0.15) is 0 Å². The Kier molecular flexibility index (Phi) is 29.7. The monoisotopic (exact) mass is 1810 g/mol. The van der Waals surface area contributed by atoms with Gasteiger partial charge in [0.05, 0.1) is 16.7 Å². The first kappa shape index (κ1) is 93.7. The topological polar surface area (TPSA) is 573 Å². The molecule has 0 saturated carbocycles. The summed E-state index contributed by atoms with van der Waals surface area (Å²) in [5.41, 5.74) is -2.68. The Bertz CT molecular complexity index is 5340. The highest BCUT2D eigenvalue weighted by molar-refractivity contribution is 6.33. The Labute approximate surface area is 742 Å². The van der Waals surface area contributed by atoms with Gasteiger partial charge in [0, 0.05) is 48.2 Å². The molecular weight excluding hydrogens is 1720 g/mol. The molecule has 128 heavy (non-hydrogen) atoms. The Balaban J connectivity index is 1.04. The molecule has 8 aliphatic rings. The molecule has 8 aliphatic heterocycles. The molecule has 0 aromatic heterocycles. The van der Waals surface area contributed by atoms with Crippen molar-refractivity contribution >= 4 is 76.4 Å². The highest BCUT2D eigenvalue weighted by Crippen LogP contribution is 2.51. The van der Waals surface area contributed by atoms with Crippen molar-refractivity contribution in [3.05, 3.63) is 164 Å². The van der Waals surface area contributed by atoms with Gasteiger partial charge in [0.25, 0.3) is 0 Å². The van der Waals surface area contributed by atoms with Crippen molar-refractivity contribution in [3.63, 3.8) is 0 Å². The van der Waals surface area contributed by atoms with Crippen LogP contribution in [0.4, 0.5) is 0 Å². The Morgan fingerprint density at radius 3 is 1.91 bits per heavy atom. The van der Waals surface area contributed by atoms with Crippen LogP contribution in [-0.2, 0) is 59.0 Å². The number of likely N-dealkylation sites (N-methyl/N-ethyl adjacent to an activating group) is 1. The lowest BCUT2D eigenvalue weighted by molar-refractivity contribution is -0.277. The zero-order valence-corrected chi connectivity index (χ0v) is 71.2. The largest absolute Gasteiger partial charge is 0.508 e. The molecule has 18 atom stereocenters. The predicted octanol–water partition coefficient (Wildman–Crippen LogP) is 4.17. The molecule has 0 aliphatic carbocycles. The molecule has 7 aromatic rings. The summed E-state index contributed by atoms with van der Waals surface area (Å²) in [4.78, 5) is 140. The number of halogens is 2. The molecule has 8 amide bonds. The molecule has 0 radical (unpaired) electrons. The number of carbonyl (C=O) groups is 9. The van der Waals surface area contributed by atoms with Crippen LogP contribution in [0.25, 0.3) is 11.1 Å². The number of aromatic hydroxyl groups is 4. The molecule has 15 rings (SSSR count). The van der Waals surface area contributed by atoms with Crippen LogP contribution in [0.3, 0.4) is 0 Å². The molecule has 21 N–H and O–H groups in total. The van der Waals surface area contributed by atoms with E-state index < -0.39 is 271 Å². The number of nitrogens with one attached hydrogen (secondary N) is 9. The number of aliphatic carboxylic acids is 1. The standard InChI is InChI=1S/C88H100Cl2N10O28/c1-38(2)13-10-8-6-7-9-11-14-61(106)94-70-73(109)75(111)78(86(120)121)128-87(70)127-77-58-31-43-32-59(77)124-55-24-19-42(29-50(55)89)71(107)69-85(119)98-67(80(114)92-25-12-26-100(4)5)48-33-44(102)34-57(125-88-76(112)74(110)72(108)60(37-101)126-88)62(48)47-28-40(17-22-52(47)103)65(82(116)99-69)95-83(117)66(43)96-84(118)68-49-35-46(36-54(105)63(49)90)123-56-30-41(18-23-53(56)104)64(91-3)81(115)93-51(79(113)97-68)27-39-15-20-45(122-58)21-16-39/h15-24,28-36,38,51,60,64-76,78,87-88,91,101-105,107-112H,6-14,25-27,37H2,1-5H3,(H,92,114)(H,93,115)(H,94,106)(H,95,117)(H,96,118)(H,97,113)(H,98,119)(H,99,116)(H,120,121)/t51-,60+,64+,65+,66+,67-,68+,69-,70+,71+,72+,73+,74-,75-,76-,78-,87+,88-/m0/s1. The van der Waals surface area contributed by atoms with E-state index in [2.05, 4.69) is 61.7 Å². The van der Waals surface area contributed by atoms with Crippen molar-refractivity contribution in [2.45, 2.75) is 188 Å². The third-order valence-electron chi connectivity index (χ3n) is 22.7. The Morgan fingerprint density at radius 1 is 0.562 bits per heavy atom. The minimum absolute atomic E-state index is 0.0943. The van der Waals surface area contributed by atoms with Gasteiger partial charge in [-0.3, -0.25) is 38.4 Å². The van der Waals surface area contributed by atoms with Gasteiger partial charge in [-0.25, -0.2) is 4.79 Å². The van der Waals surface area contributed by atoms with Gasteiger partial charge < -0.3 is 147 Å². The van der Waals surface area contributed by atoms with Crippen molar-refractivity contribution in [2.24, 2.45) is 5.92 Å². The zero-order valence-electron chi connectivity index (χ0n) is 69.7. The lowest BCUT2D eigenvalue weighted by atomic mass is 9.89. The number of benzene rings is 7. The summed E-state index contributed by atoms with van der Waals surface area (Å²) in [5.74, 6) is -17.5. The van der Waals surface area contributed by atoms with Crippen LogP contribution in [0.2, 0.25) is 10.0 Å². The molecule has 38 nitrogen and oxygen atoms in total. The number of fused-ring (bicyclic) bond motifs is 14. The summed E-state index contributed by atoms with van der Waals surface area (Å²) in [7, 11) is 4.95. The molecule has 0 unspecified atom stereocenters. The summed E-state index contributed by atoms with van der Waals surface area (Å²) in [6.07, 6.45) is -15.8. The van der Waals surface area contributed by atoms with Gasteiger partial charge in [-0.1, -0.05) is 106 Å². The maximum absolute atomic E-state index is 16.8. The van der Waals surface area contributed by atoms with E-state index >= 15 is 28.8 Å². The number of hydrogen-bond acceptors (Lipinski definition) is 29. The van der Waals surface area contributed by atoms with Crippen LogP contribution in [0, 0.1) is 5.92 Å². The first-order valence-electron chi connectivity index (χ1n) is 41.5. The number of carbonyl (C=O) groups excluding carboxylic acids is 8. The summed E-state index contributed by atoms with van der Waals surface area (Å²) >= 11 is 14.3. The molecule has 17 bridgehead atoms. The molecule has 40 heteroatoms. The number of amides is 8. The summed E-state index contributed by atoms with van der Waals surface area (Å²) in [5, 5.41) is 161. The summed E-state index contributed by atoms with van der Waals surface area (Å²) in [6.45, 7) is 3.61. The smallest absolute Gasteiger partial charge is 0.335 e. The van der Waals surface area contributed by atoms with Crippen LogP contribution in [0.15, 0.2) is 115 Å². The lowest BCUT2D eigenvalue weighted by Crippen LogP contribution is -2.66. The zero-order chi connectivity index (χ0) is 92.0. The van der Waals surface area contributed by atoms with Crippen LogP contribution in [0.1, 0.15) is 147 Å². The van der Waals surface area contributed by atoms with E-state index in [0.29, 0.717) is 30.9 Å². The Morgan fingerprint density at radius 2 is 1.21 bits per heavy atom. The quantitative estimate of drug-likeness (QED) is 0.0423.